The Balaban J connectivity index is 1.67. The van der Waals surface area contributed by atoms with Crippen LogP contribution in [0.5, 0.6) is 0 Å². The summed E-state index contributed by atoms with van der Waals surface area (Å²) >= 11 is 0. The van der Waals surface area contributed by atoms with Gasteiger partial charge >= 0.3 is 6.18 Å². The van der Waals surface area contributed by atoms with Gasteiger partial charge in [-0.1, -0.05) is 18.2 Å². The van der Waals surface area contributed by atoms with Gasteiger partial charge in [0, 0.05) is 25.7 Å². The van der Waals surface area contributed by atoms with Crippen molar-refractivity contribution in [2.75, 3.05) is 13.1 Å². The highest BCUT2D eigenvalue weighted by molar-refractivity contribution is 5.25. The van der Waals surface area contributed by atoms with Gasteiger partial charge in [0.2, 0.25) is 0 Å². The second kappa shape index (κ2) is 5.04. The van der Waals surface area contributed by atoms with E-state index in [1.807, 2.05) is 0 Å². The Morgan fingerprint density at radius 1 is 1.20 bits per heavy atom. The molecule has 0 unspecified atom stereocenters. The highest BCUT2D eigenvalue weighted by atomic mass is 19.4. The third kappa shape index (κ3) is 2.69. The summed E-state index contributed by atoms with van der Waals surface area (Å²) < 4.78 is 38.1. The highest BCUT2D eigenvalue weighted by Gasteiger charge is 2.40. The average Bonchev–Trinajstić information content (AvgIpc) is 2.91. The highest BCUT2D eigenvalue weighted by Crippen LogP contribution is 2.38. The van der Waals surface area contributed by atoms with Crippen molar-refractivity contribution in [3.8, 4) is 0 Å². The Bertz CT molecular complexity index is 486. The third-order valence-electron chi connectivity index (χ3n) is 4.65. The van der Waals surface area contributed by atoms with Crippen LogP contribution in [0.1, 0.15) is 24.0 Å². The van der Waals surface area contributed by atoms with E-state index in [0.717, 1.165) is 37.6 Å². The number of benzene rings is 1. The van der Waals surface area contributed by atoms with Crippen LogP contribution in [0.25, 0.3) is 0 Å². The number of alkyl halides is 3. The maximum Gasteiger partial charge on any atom is 0.416 e. The molecule has 0 radical (unpaired) electrons. The van der Waals surface area contributed by atoms with Crippen LogP contribution in [0.4, 0.5) is 13.2 Å². The van der Waals surface area contributed by atoms with Gasteiger partial charge in [0.15, 0.2) is 0 Å². The average molecular weight is 284 g/mol. The van der Waals surface area contributed by atoms with Gasteiger partial charge in [0.1, 0.15) is 0 Å². The molecule has 1 saturated heterocycles. The van der Waals surface area contributed by atoms with E-state index in [1.165, 1.54) is 12.1 Å². The van der Waals surface area contributed by atoms with Crippen LogP contribution < -0.4 is 5.73 Å². The van der Waals surface area contributed by atoms with E-state index in [0.29, 0.717) is 18.4 Å². The number of hydrogen-bond donors (Lipinski definition) is 1. The fourth-order valence-corrected chi connectivity index (χ4v) is 3.63. The van der Waals surface area contributed by atoms with E-state index in [-0.39, 0.29) is 6.04 Å². The number of hydrogen-bond acceptors (Lipinski definition) is 2. The summed E-state index contributed by atoms with van der Waals surface area (Å²) in [5, 5.41) is 0. The summed E-state index contributed by atoms with van der Waals surface area (Å²) in [5.74, 6) is 1.16. The van der Waals surface area contributed by atoms with Gasteiger partial charge in [0.25, 0.3) is 0 Å². The Morgan fingerprint density at radius 3 is 2.70 bits per heavy atom. The predicted octanol–water partition coefficient (Wildman–Crippen LogP) is 2.87. The molecule has 1 aromatic rings. The lowest BCUT2D eigenvalue weighted by Crippen LogP contribution is -2.30. The second-order valence-corrected chi connectivity index (χ2v) is 6.06. The quantitative estimate of drug-likeness (QED) is 0.905. The van der Waals surface area contributed by atoms with Crippen molar-refractivity contribution in [2.24, 2.45) is 17.6 Å². The molecule has 0 aromatic heterocycles. The van der Waals surface area contributed by atoms with Crippen molar-refractivity contribution >= 4 is 0 Å². The minimum absolute atomic E-state index is 0.270. The smallest absolute Gasteiger partial charge is 0.327 e. The first-order valence-electron chi connectivity index (χ1n) is 7.07. The van der Waals surface area contributed by atoms with E-state index in [4.69, 9.17) is 5.73 Å². The normalized spacial score (nSPS) is 30.7. The molecule has 1 saturated carbocycles. The van der Waals surface area contributed by atoms with Gasteiger partial charge in [-0.2, -0.15) is 13.2 Å². The lowest BCUT2D eigenvalue weighted by molar-refractivity contribution is -0.137. The van der Waals surface area contributed by atoms with Crippen molar-refractivity contribution in [3.05, 3.63) is 35.4 Å². The van der Waals surface area contributed by atoms with Crippen molar-refractivity contribution in [3.63, 3.8) is 0 Å². The van der Waals surface area contributed by atoms with E-state index in [1.54, 1.807) is 6.07 Å². The van der Waals surface area contributed by atoms with Crippen molar-refractivity contribution in [2.45, 2.75) is 31.6 Å². The molecule has 0 bridgehead atoms. The maximum atomic E-state index is 12.7. The van der Waals surface area contributed by atoms with Crippen LogP contribution >= 0.6 is 0 Å². The van der Waals surface area contributed by atoms with Crippen molar-refractivity contribution in [1.82, 2.24) is 4.90 Å². The van der Waals surface area contributed by atoms with Crippen LogP contribution in [-0.4, -0.2) is 24.0 Å². The molecule has 3 rings (SSSR count). The fourth-order valence-electron chi connectivity index (χ4n) is 3.63. The molecule has 1 aliphatic carbocycles. The largest absolute Gasteiger partial charge is 0.416 e. The first-order chi connectivity index (χ1) is 9.43. The molecular weight excluding hydrogens is 265 g/mol. The molecule has 2 N–H and O–H groups in total. The second-order valence-electron chi connectivity index (χ2n) is 6.06. The van der Waals surface area contributed by atoms with Gasteiger partial charge in [-0.25, -0.2) is 0 Å². The zero-order chi connectivity index (χ0) is 14.3. The molecule has 5 heteroatoms. The van der Waals surface area contributed by atoms with Crippen molar-refractivity contribution in [1.29, 1.82) is 0 Å². The van der Waals surface area contributed by atoms with E-state index < -0.39 is 11.7 Å². The summed E-state index contributed by atoms with van der Waals surface area (Å²) in [5.41, 5.74) is 6.25. The first kappa shape index (κ1) is 13.9. The van der Waals surface area contributed by atoms with Gasteiger partial charge < -0.3 is 5.73 Å². The Labute approximate surface area is 116 Å². The molecule has 2 fully saturated rings. The Morgan fingerprint density at radius 2 is 2.00 bits per heavy atom. The van der Waals surface area contributed by atoms with E-state index >= 15 is 0 Å². The summed E-state index contributed by atoms with van der Waals surface area (Å²) in [6.07, 6.45) is -2.02. The summed E-state index contributed by atoms with van der Waals surface area (Å²) in [6, 6.07) is 5.91. The number of rotatable bonds is 2. The molecule has 110 valence electrons. The summed E-state index contributed by atoms with van der Waals surface area (Å²) in [7, 11) is 0. The van der Waals surface area contributed by atoms with Crippen molar-refractivity contribution < 1.29 is 13.2 Å². The monoisotopic (exact) mass is 284 g/mol. The van der Waals surface area contributed by atoms with Crippen LogP contribution in [0.15, 0.2) is 24.3 Å². The molecule has 2 nitrogen and oxygen atoms in total. The number of likely N-dealkylation sites (tertiary alicyclic amines) is 1. The lowest BCUT2D eigenvalue weighted by Gasteiger charge is -2.19. The van der Waals surface area contributed by atoms with Gasteiger partial charge in [-0.05, 0) is 36.3 Å². The zero-order valence-corrected chi connectivity index (χ0v) is 11.2. The molecule has 1 heterocycles. The summed E-state index contributed by atoms with van der Waals surface area (Å²) in [4.78, 5) is 2.24. The van der Waals surface area contributed by atoms with Crippen LogP contribution in [0.2, 0.25) is 0 Å². The van der Waals surface area contributed by atoms with Crippen LogP contribution in [0.3, 0.4) is 0 Å². The number of nitrogens with two attached hydrogens (primary N) is 1. The number of fused-ring (bicyclic) bond motifs is 1. The first-order valence-corrected chi connectivity index (χ1v) is 7.07. The predicted molar refractivity (Wildman–Crippen MR) is 70.9 cm³/mol. The lowest BCUT2D eigenvalue weighted by atomic mass is 9.98. The molecular formula is C15H19F3N2. The minimum atomic E-state index is -4.26. The molecule has 1 aliphatic heterocycles. The molecule has 3 atom stereocenters. The molecule has 1 aromatic carbocycles. The van der Waals surface area contributed by atoms with Crippen LogP contribution in [0, 0.1) is 11.8 Å². The molecule has 2 aliphatic rings. The number of nitrogens with zero attached hydrogens (tertiary/aromatic N) is 1. The number of halogens is 3. The topological polar surface area (TPSA) is 29.3 Å². The molecule has 20 heavy (non-hydrogen) atoms. The zero-order valence-electron chi connectivity index (χ0n) is 11.2. The maximum absolute atomic E-state index is 12.7. The molecule has 0 spiro atoms. The SMILES string of the molecule is N[C@H]1CC[C@H]2CN(Cc3cccc(C(F)(F)F)c3)C[C@H]21. The molecule has 0 amide bonds. The fraction of sp³-hybridized carbons (Fsp3) is 0.600. The summed E-state index contributed by atoms with van der Waals surface area (Å²) in [6.45, 7) is 2.47. The van der Waals surface area contributed by atoms with Gasteiger partial charge in [-0.15, -0.1) is 0 Å². The third-order valence-corrected chi connectivity index (χ3v) is 4.65. The Hall–Kier alpha value is -1.07. The Kier molecular flexibility index (Phi) is 3.50. The van der Waals surface area contributed by atoms with Gasteiger partial charge in [0.05, 0.1) is 5.56 Å². The standard InChI is InChI=1S/C15H19F3N2/c16-15(17,18)12-3-1-2-10(6-12)7-20-8-11-4-5-14(19)13(11)9-20/h1-3,6,11,13-14H,4-5,7-9,19H2/t11-,13+,14-/m0/s1. The van der Waals surface area contributed by atoms with E-state index in [9.17, 15) is 13.2 Å². The van der Waals surface area contributed by atoms with E-state index in [2.05, 4.69) is 4.90 Å². The minimum Gasteiger partial charge on any atom is -0.327 e. The van der Waals surface area contributed by atoms with Gasteiger partial charge in [-0.3, -0.25) is 4.90 Å². The van der Waals surface area contributed by atoms with Crippen LogP contribution in [-0.2, 0) is 12.7 Å².